The number of aromatic nitrogens is 1. The van der Waals surface area contributed by atoms with Crippen LogP contribution in [0.2, 0.25) is 0 Å². The minimum atomic E-state index is -4.57. The van der Waals surface area contributed by atoms with Gasteiger partial charge in [0.25, 0.3) is 0 Å². The number of thiazole rings is 1. The van der Waals surface area contributed by atoms with Gasteiger partial charge in [-0.2, -0.15) is 8.42 Å². The highest BCUT2D eigenvalue weighted by molar-refractivity contribution is 9.11. The number of carbonyl (C=O) groups is 1. The fraction of sp³-hybridized carbons (Fsp3) is 0.667. The first-order valence-corrected chi connectivity index (χ1v) is 9.53. The normalized spacial score (nSPS) is 20.3. The molecule has 2 rings (SSSR count). The number of amides is 1. The molecule has 2 heterocycles. The molecule has 1 amide bonds. The van der Waals surface area contributed by atoms with Gasteiger partial charge in [-0.05, 0) is 15.9 Å². The Balaban J connectivity index is 2.22. The average molecular weight is 399 g/mol. The SMILES string of the molecule is CC(C)(C)c1nc(N2CC(CS(=O)(=O)F)CC2=O)sc1Br. The number of halogens is 2. The van der Waals surface area contributed by atoms with E-state index in [0.29, 0.717) is 5.13 Å². The van der Waals surface area contributed by atoms with Crippen molar-refractivity contribution in [3.63, 3.8) is 0 Å². The van der Waals surface area contributed by atoms with Crippen molar-refractivity contribution in [2.75, 3.05) is 17.2 Å². The number of carbonyl (C=O) groups excluding carboxylic acids is 1. The van der Waals surface area contributed by atoms with Gasteiger partial charge in [0.05, 0.1) is 15.2 Å². The molecule has 1 saturated heterocycles. The Labute approximate surface area is 135 Å². The number of nitrogens with zero attached hydrogens (tertiary/aromatic N) is 2. The fourth-order valence-corrected chi connectivity index (χ4v) is 5.16. The van der Waals surface area contributed by atoms with Gasteiger partial charge in [-0.1, -0.05) is 32.1 Å². The molecule has 0 aliphatic carbocycles. The largest absolute Gasteiger partial charge is 0.302 e. The van der Waals surface area contributed by atoms with Crippen molar-refractivity contribution in [3.05, 3.63) is 9.48 Å². The van der Waals surface area contributed by atoms with E-state index >= 15 is 0 Å². The van der Waals surface area contributed by atoms with E-state index < -0.39 is 21.9 Å². The van der Waals surface area contributed by atoms with Crippen LogP contribution in [0.4, 0.5) is 9.02 Å². The molecule has 1 aliphatic rings. The van der Waals surface area contributed by atoms with E-state index in [-0.39, 0.29) is 24.3 Å². The van der Waals surface area contributed by atoms with Gasteiger partial charge in [-0.25, -0.2) is 4.98 Å². The Morgan fingerprint density at radius 1 is 1.48 bits per heavy atom. The number of hydrogen-bond acceptors (Lipinski definition) is 5. The van der Waals surface area contributed by atoms with Crippen molar-refractivity contribution in [2.45, 2.75) is 32.6 Å². The maximum atomic E-state index is 12.7. The van der Waals surface area contributed by atoms with Gasteiger partial charge < -0.3 is 0 Å². The van der Waals surface area contributed by atoms with Crippen LogP contribution < -0.4 is 4.90 Å². The van der Waals surface area contributed by atoms with E-state index in [1.165, 1.54) is 16.2 Å². The van der Waals surface area contributed by atoms with E-state index in [1.54, 1.807) is 0 Å². The van der Waals surface area contributed by atoms with Crippen LogP contribution in [0.3, 0.4) is 0 Å². The standard InChI is InChI=1S/C12H16BrFN2O3S2/c1-12(2,3)9-10(13)20-11(15-9)16-5-7(4-8(16)17)6-21(14,18)19/h7H,4-6H2,1-3H3. The van der Waals surface area contributed by atoms with Gasteiger partial charge in [0.1, 0.15) is 0 Å². The second-order valence-electron chi connectivity index (χ2n) is 6.15. The molecule has 1 aromatic rings. The van der Waals surface area contributed by atoms with Crippen molar-refractivity contribution < 1.29 is 17.1 Å². The van der Waals surface area contributed by atoms with Gasteiger partial charge in [-0.3, -0.25) is 9.69 Å². The van der Waals surface area contributed by atoms with Crippen LogP contribution in [0.25, 0.3) is 0 Å². The molecule has 1 fully saturated rings. The van der Waals surface area contributed by atoms with E-state index in [1.807, 2.05) is 20.8 Å². The predicted octanol–water partition coefficient (Wildman–Crippen LogP) is 2.86. The Morgan fingerprint density at radius 3 is 2.57 bits per heavy atom. The first-order chi connectivity index (χ1) is 9.47. The summed E-state index contributed by atoms with van der Waals surface area (Å²) < 4.78 is 35.0. The molecule has 5 nitrogen and oxygen atoms in total. The van der Waals surface area contributed by atoms with Crippen LogP contribution in [0.5, 0.6) is 0 Å². The Morgan fingerprint density at radius 2 is 2.10 bits per heavy atom. The first kappa shape index (κ1) is 16.8. The highest BCUT2D eigenvalue weighted by atomic mass is 79.9. The highest BCUT2D eigenvalue weighted by Crippen LogP contribution is 2.39. The smallest absolute Gasteiger partial charge is 0.288 e. The van der Waals surface area contributed by atoms with Crippen molar-refractivity contribution >= 4 is 48.5 Å². The fourth-order valence-electron chi connectivity index (χ4n) is 2.23. The lowest BCUT2D eigenvalue weighted by atomic mass is 9.93. The summed E-state index contributed by atoms with van der Waals surface area (Å²) in [6.45, 7) is 6.23. The van der Waals surface area contributed by atoms with Crippen LogP contribution in [0.15, 0.2) is 3.79 Å². The second-order valence-corrected chi connectivity index (χ2v) is 9.86. The zero-order valence-electron chi connectivity index (χ0n) is 11.9. The summed E-state index contributed by atoms with van der Waals surface area (Å²) in [4.78, 5) is 17.9. The molecule has 1 aliphatic heterocycles. The molecule has 1 atom stereocenters. The van der Waals surface area contributed by atoms with Crippen LogP contribution in [0.1, 0.15) is 32.9 Å². The first-order valence-electron chi connectivity index (χ1n) is 6.37. The quantitative estimate of drug-likeness (QED) is 0.734. The van der Waals surface area contributed by atoms with Crippen molar-refractivity contribution in [3.8, 4) is 0 Å². The third-order valence-corrected chi connectivity index (χ3v) is 5.75. The van der Waals surface area contributed by atoms with E-state index in [9.17, 15) is 17.1 Å². The molecule has 0 N–H and O–H groups in total. The Bertz CT molecular complexity index is 667. The van der Waals surface area contributed by atoms with Crippen molar-refractivity contribution in [1.82, 2.24) is 4.98 Å². The Kier molecular flexibility index (Phi) is 4.47. The second kappa shape index (κ2) is 5.58. The summed E-state index contributed by atoms with van der Waals surface area (Å²) in [6, 6.07) is 0. The molecule has 1 aromatic heterocycles. The molecule has 0 aromatic carbocycles. The molecular formula is C12H16BrFN2O3S2. The molecule has 118 valence electrons. The summed E-state index contributed by atoms with van der Waals surface area (Å²) in [5, 5.41) is 0.524. The van der Waals surface area contributed by atoms with E-state index in [0.717, 1.165) is 9.48 Å². The topological polar surface area (TPSA) is 67.3 Å². The number of rotatable bonds is 3. The van der Waals surface area contributed by atoms with Gasteiger partial charge in [0, 0.05) is 24.3 Å². The lowest BCUT2D eigenvalue weighted by Crippen LogP contribution is -2.25. The van der Waals surface area contributed by atoms with Gasteiger partial charge in [0.2, 0.25) is 5.91 Å². The summed E-state index contributed by atoms with van der Waals surface area (Å²) in [7, 11) is -4.57. The molecule has 0 spiro atoms. The highest BCUT2D eigenvalue weighted by Gasteiger charge is 2.36. The zero-order valence-corrected chi connectivity index (χ0v) is 15.1. The summed E-state index contributed by atoms with van der Waals surface area (Å²) in [6.07, 6.45) is 0.0329. The molecule has 0 bridgehead atoms. The van der Waals surface area contributed by atoms with E-state index in [4.69, 9.17) is 0 Å². The van der Waals surface area contributed by atoms with Crippen LogP contribution in [-0.4, -0.2) is 31.6 Å². The monoisotopic (exact) mass is 398 g/mol. The molecule has 0 saturated carbocycles. The third kappa shape index (κ3) is 4.01. The minimum Gasteiger partial charge on any atom is -0.288 e. The van der Waals surface area contributed by atoms with Gasteiger partial charge >= 0.3 is 10.2 Å². The van der Waals surface area contributed by atoms with Crippen LogP contribution in [-0.2, 0) is 20.4 Å². The maximum absolute atomic E-state index is 12.7. The maximum Gasteiger partial charge on any atom is 0.302 e. The molecule has 9 heteroatoms. The zero-order chi connectivity index (χ0) is 16.0. The number of anilines is 1. The van der Waals surface area contributed by atoms with Crippen molar-refractivity contribution in [2.24, 2.45) is 5.92 Å². The summed E-state index contributed by atoms with van der Waals surface area (Å²) in [5.41, 5.74) is 0.676. The van der Waals surface area contributed by atoms with Crippen LogP contribution >= 0.6 is 27.3 Å². The Hall–Kier alpha value is -0.540. The van der Waals surface area contributed by atoms with E-state index in [2.05, 4.69) is 20.9 Å². The summed E-state index contributed by atoms with van der Waals surface area (Å²) >= 11 is 4.78. The van der Waals surface area contributed by atoms with Crippen molar-refractivity contribution in [1.29, 1.82) is 0 Å². The molecular weight excluding hydrogens is 383 g/mol. The van der Waals surface area contributed by atoms with Gasteiger partial charge in [0.15, 0.2) is 5.13 Å². The van der Waals surface area contributed by atoms with Gasteiger partial charge in [-0.15, -0.1) is 3.89 Å². The predicted molar refractivity (Wildman–Crippen MR) is 83.9 cm³/mol. The number of hydrogen-bond donors (Lipinski definition) is 0. The average Bonchev–Trinajstić information content (AvgIpc) is 2.78. The lowest BCUT2D eigenvalue weighted by molar-refractivity contribution is -0.117. The third-order valence-electron chi connectivity index (χ3n) is 3.16. The molecule has 0 radical (unpaired) electrons. The lowest BCUT2D eigenvalue weighted by Gasteiger charge is -2.16. The summed E-state index contributed by atoms with van der Waals surface area (Å²) in [5.74, 6) is -1.35. The molecule has 21 heavy (non-hydrogen) atoms. The van der Waals surface area contributed by atoms with Crippen LogP contribution in [0, 0.1) is 5.92 Å². The molecule has 1 unspecified atom stereocenters. The minimum absolute atomic E-state index is 0.0329.